The van der Waals surface area contributed by atoms with Crippen LogP contribution in [0.1, 0.15) is 34.7 Å². The van der Waals surface area contributed by atoms with E-state index in [1.165, 1.54) is 0 Å². The van der Waals surface area contributed by atoms with Gasteiger partial charge in [0.15, 0.2) is 0 Å². The third-order valence-electron chi connectivity index (χ3n) is 3.98. The molecule has 1 aromatic heterocycles. The molecule has 4 heteroatoms. The number of nitrogens with zero attached hydrogens (tertiary/aromatic N) is 2. The molecule has 1 N–H and O–H groups in total. The molecule has 0 aliphatic rings. The molecule has 3 aromatic rings. The third kappa shape index (κ3) is 3.02. The van der Waals surface area contributed by atoms with Crippen LogP contribution < -0.4 is 5.32 Å². The SMILES string of the molecule is C#CCn1c(C(C)NC(=O)c2ccc(C)cc2)nc2ccccc21. The monoisotopic (exact) mass is 317 g/mol. The van der Waals surface area contributed by atoms with Crippen LogP contribution in [-0.2, 0) is 6.54 Å². The Morgan fingerprint density at radius 3 is 2.67 bits per heavy atom. The van der Waals surface area contributed by atoms with Gasteiger partial charge in [0.25, 0.3) is 5.91 Å². The highest BCUT2D eigenvalue weighted by Crippen LogP contribution is 2.21. The van der Waals surface area contributed by atoms with Gasteiger partial charge in [-0.1, -0.05) is 35.7 Å². The van der Waals surface area contributed by atoms with Gasteiger partial charge in [0.2, 0.25) is 0 Å². The molecule has 0 aliphatic carbocycles. The molecule has 120 valence electrons. The number of para-hydroxylation sites is 2. The first kappa shape index (κ1) is 15.8. The van der Waals surface area contributed by atoms with Gasteiger partial charge in [0, 0.05) is 5.56 Å². The summed E-state index contributed by atoms with van der Waals surface area (Å²) in [5.41, 5.74) is 3.60. The van der Waals surface area contributed by atoms with Crippen molar-refractivity contribution in [3.8, 4) is 12.3 Å². The lowest BCUT2D eigenvalue weighted by Gasteiger charge is -2.15. The molecule has 3 rings (SSSR count). The molecular formula is C20H19N3O. The number of rotatable bonds is 4. The summed E-state index contributed by atoms with van der Waals surface area (Å²) in [5, 5.41) is 3.00. The van der Waals surface area contributed by atoms with Crippen LogP contribution in [0.15, 0.2) is 48.5 Å². The minimum absolute atomic E-state index is 0.123. The number of carbonyl (C=O) groups is 1. The Morgan fingerprint density at radius 1 is 1.25 bits per heavy atom. The van der Waals surface area contributed by atoms with Crippen molar-refractivity contribution in [3.63, 3.8) is 0 Å². The fourth-order valence-corrected chi connectivity index (χ4v) is 2.73. The molecule has 1 atom stereocenters. The Balaban J connectivity index is 1.89. The largest absolute Gasteiger partial charge is 0.342 e. The van der Waals surface area contributed by atoms with E-state index in [1.807, 2.05) is 66.9 Å². The van der Waals surface area contributed by atoms with E-state index in [1.54, 1.807) is 0 Å². The van der Waals surface area contributed by atoms with E-state index in [-0.39, 0.29) is 11.9 Å². The summed E-state index contributed by atoms with van der Waals surface area (Å²) in [6.45, 7) is 4.33. The number of carbonyl (C=O) groups excluding carboxylic acids is 1. The number of benzene rings is 2. The van der Waals surface area contributed by atoms with Crippen LogP contribution in [0, 0.1) is 19.3 Å². The standard InChI is InChI=1S/C20H19N3O/c1-4-13-23-18-8-6-5-7-17(18)22-19(23)15(3)21-20(24)16-11-9-14(2)10-12-16/h1,5-12,15H,13H2,2-3H3,(H,21,24). The number of aromatic nitrogens is 2. The second-order valence-electron chi connectivity index (χ2n) is 5.81. The number of nitrogens with one attached hydrogen (secondary N) is 1. The van der Waals surface area contributed by atoms with E-state index in [4.69, 9.17) is 6.42 Å². The summed E-state index contributed by atoms with van der Waals surface area (Å²) >= 11 is 0. The maximum Gasteiger partial charge on any atom is 0.251 e. The molecule has 0 fully saturated rings. The zero-order valence-electron chi connectivity index (χ0n) is 13.8. The number of terminal acetylenes is 1. The normalized spacial score (nSPS) is 11.9. The van der Waals surface area contributed by atoms with E-state index in [9.17, 15) is 4.79 Å². The lowest BCUT2D eigenvalue weighted by Crippen LogP contribution is -2.28. The molecule has 0 aliphatic heterocycles. The summed E-state index contributed by atoms with van der Waals surface area (Å²) in [6, 6.07) is 15.1. The van der Waals surface area contributed by atoms with Crippen molar-refractivity contribution in [1.29, 1.82) is 0 Å². The van der Waals surface area contributed by atoms with E-state index < -0.39 is 0 Å². The minimum atomic E-state index is -0.250. The maximum atomic E-state index is 12.4. The topological polar surface area (TPSA) is 46.9 Å². The molecule has 24 heavy (non-hydrogen) atoms. The Hall–Kier alpha value is -3.06. The number of hydrogen-bond acceptors (Lipinski definition) is 2. The number of amides is 1. The fourth-order valence-electron chi connectivity index (χ4n) is 2.73. The predicted octanol–water partition coefficient (Wildman–Crippen LogP) is 3.47. The van der Waals surface area contributed by atoms with Gasteiger partial charge in [0.1, 0.15) is 5.82 Å². The number of fused-ring (bicyclic) bond motifs is 1. The highest BCUT2D eigenvalue weighted by molar-refractivity contribution is 5.94. The summed E-state index contributed by atoms with van der Waals surface area (Å²) in [4.78, 5) is 17.1. The maximum absolute atomic E-state index is 12.4. The van der Waals surface area contributed by atoms with Gasteiger partial charge in [-0.15, -0.1) is 6.42 Å². The first-order valence-corrected chi connectivity index (χ1v) is 7.86. The van der Waals surface area contributed by atoms with Crippen molar-refractivity contribution in [1.82, 2.24) is 14.9 Å². The van der Waals surface area contributed by atoms with Crippen molar-refractivity contribution in [2.24, 2.45) is 0 Å². The van der Waals surface area contributed by atoms with Crippen molar-refractivity contribution in [2.45, 2.75) is 26.4 Å². The van der Waals surface area contributed by atoms with Crippen LogP contribution in [-0.4, -0.2) is 15.5 Å². The average molecular weight is 317 g/mol. The lowest BCUT2D eigenvalue weighted by molar-refractivity contribution is 0.0938. The lowest BCUT2D eigenvalue weighted by atomic mass is 10.1. The Morgan fingerprint density at radius 2 is 1.96 bits per heavy atom. The van der Waals surface area contributed by atoms with E-state index in [2.05, 4.69) is 16.2 Å². The molecular weight excluding hydrogens is 298 g/mol. The molecule has 2 aromatic carbocycles. The van der Waals surface area contributed by atoms with Crippen LogP contribution in [0.5, 0.6) is 0 Å². The van der Waals surface area contributed by atoms with Crippen molar-refractivity contribution in [2.75, 3.05) is 0 Å². The van der Waals surface area contributed by atoms with Crippen LogP contribution in [0.3, 0.4) is 0 Å². The summed E-state index contributed by atoms with van der Waals surface area (Å²) < 4.78 is 1.97. The van der Waals surface area contributed by atoms with Crippen molar-refractivity contribution < 1.29 is 4.79 Å². The second kappa shape index (κ2) is 6.59. The smallest absolute Gasteiger partial charge is 0.251 e. The van der Waals surface area contributed by atoms with Gasteiger partial charge < -0.3 is 9.88 Å². The first-order chi connectivity index (χ1) is 11.6. The quantitative estimate of drug-likeness (QED) is 0.749. The Bertz CT molecular complexity index is 916. The van der Waals surface area contributed by atoms with Crippen molar-refractivity contribution in [3.05, 3.63) is 65.5 Å². The zero-order chi connectivity index (χ0) is 17.1. The third-order valence-corrected chi connectivity index (χ3v) is 3.98. The summed E-state index contributed by atoms with van der Waals surface area (Å²) in [5.74, 6) is 3.29. The molecule has 0 saturated heterocycles. The van der Waals surface area contributed by atoms with Crippen LogP contribution in [0.2, 0.25) is 0 Å². The van der Waals surface area contributed by atoms with Crippen molar-refractivity contribution >= 4 is 16.9 Å². The molecule has 0 bridgehead atoms. The van der Waals surface area contributed by atoms with Gasteiger partial charge in [0.05, 0.1) is 23.6 Å². The van der Waals surface area contributed by atoms with Gasteiger partial charge in [-0.2, -0.15) is 0 Å². The minimum Gasteiger partial charge on any atom is -0.342 e. The van der Waals surface area contributed by atoms with E-state index in [0.717, 1.165) is 22.4 Å². The van der Waals surface area contributed by atoms with Crippen LogP contribution in [0.4, 0.5) is 0 Å². The molecule has 1 heterocycles. The van der Waals surface area contributed by atoms with E-state index >= 15 is 0 Å². The Kier molecular flexibility index (Phi) is 4.35. The number of imidazole rings is 1. The second-order valence-corrected chi connectivity index (χ2v) is 5.81. The fraction of sp³-hybridized carbons (Fsp3) is 0.200. The number of aryl methyl sites for hydroxylation is 1. The van der Waals surface area contributed by atoms with Gasteiger partial charge in [-0.25, -0.2) is 4.98 Å². The highest BCUT2D eigenvalue weighted by Gasteiger charge is 2.18. The molecule has 0 spiro atoms. The van der Waals surface area contributed by atoms with Gasteiger partial charge in [-0.3, -0.25) is 4.79 Å². The first-order valence-electron chi connectivity index (χ1n) is 7.86. The molecule has 1 unspecified atom stereocenters. The Labute approximate surface area is 141 Å². The predicted molar refractivity (Wildman–Crippen MR) is 95.6 cm³/mol. The molecule has 0 radical (unpaired) electrons. The van der Waals surface area contributed by atoms with Gasteiger partial charge >= 0.3 is 0 Å². The summed E-state index contributed by atoms with van der Waals surface area (Å²) in [7, 11) is 0. The number of hydrogen-bond donors (Lipinski definition) is 1. The zero-order valence-corrected chi connectivity index (χ0v) is 13.8. The highest BCUT2D eigenvalue weighted by atomic mass is 16.1. The van der Waals surface area contributed by atoms with Crippen LogP contribution in [0.25, 0.3) is 11.0 Å². The average Bonchev–Trinajstić information content (AvgIpc) is 2.95. The molecule has 4 nitrogen and oxygen atoms in total. The van der Waals surface area contributed by atoms with Crippen LogP contribution >= 0.6 is 0 Å². The molecule has 1 amide bonds. The summed E-state index contributed by atoms with van der Waals surface area (Å²) in [6.07, 6.45) is 5.50. The van der Waals surface area contributed by atoms with Gasteiger partial charge in [-0.05, 0) is 38.1 Å². The molecule has 0 saturated carbocycles. The van der Waals surface area contributed by atoms with E-state index in [0.29, 0.717) is 12.1 Å².